The summed E-state index contributed by atoms with van der Waals surface area (Å²) < 4.78 is 0. The first-order valence-electron chi connectivity index (χ1n) is 8.86. The third-order valence-electron chi connectivity index (χ3n) is 4.89. The molecule has 0 aromatic heterocycles. The Kier molecular flexibility index (Phi) is 5.20. The normalized spacial score (nSPS) is 17.7. The first-order chi connectivity index (χ1) is 10.7. The summed E-state index contributed by atoms with van der Waals surface area (Å²) in [6.45, 7) is 13.8. The topological polar surface area (TPSA) is 20.2 Å². The van der Waals surface area contributed by atoms with Crippen molar-refractivity contribution in [2.24, 2.45) is 5.41 Å². The van der Waals surface area contributed by atoms with Crippen LogP contribution in [0, 0.1) is 5.41 Å². The van der Waals surface area contributed by atoms with Crippen molar-refractivity contribution in [3.8, 4) is 0 Å². The minimum absolute atomic E-state index is 0.111. The second kappa shape index (κ2) is 6.65. The highest BCUT2D eigenvalue weighted by Crippen LogP contribution is 2.46. The number of fused-ring (bicyclic) bond motifs is 1. The van der Waals surface area contributed by atoms with Crippen LogP contribution in [0.25, 0.3) is 11.1 Å². The molecule has 0 fully saturated rings. The van der Waals surface area contributed by atoms with Crippen LogP contribution in [0.1, 0.15) is 77.5 Å². The summed E-state index contributed by atoms with van der Waals surface area (Å²) in [4.78, 5) is 0. The van der Waals surface area contributed by atoms with Crippen molar-refractivity contribution in [3.05, 3.63) is 47.0 Å². The molecule has 0 heterocycles. The van der Waals surface area contributed by atoms with Crippen LogP contribution in [-0.2, 0) is 5.41 Å². The molecule has 126 valence electrons. The number of rotatable bonds is 4. The van der Waals surface area contributed by atoms with Gasteiger partial charge in [0.1, 0.15) is 0 Å². The van der Waals surface area contributed by atoms with Crippen LogP contribution in [0.5, 0.6) is 0 Å². The average molecular weight is 312 g/mol. The SMILES string of the molecule is CCC/C(=C/CO)c1ccc2c(c1)C(C(C)(C)C)=CCC2(C)C. The fourth-order valence-electron chi connectivity index (χ4n) is 3.59. The minimum atomic E-state index is 0.111. The van der Waals surface area contributed by atoms with E-state index in [0.717, 1.165) is 19.3 Å². The average Bonchev–Trinajstić information content (AvgIpc) is 2.45. The van der Waals surface area contributed by atoms with Crippen LogP contribution >= 0.6 is 0 Å². The Labute approximate surface area is 142 Å². The van der Waals surface area contributed by atoms with Gasteiger partial charge in [-0.05, 0) is 57.6 Å². The lowest BCUT2D eigenvalue weighted by Gasteiger charge is -2.37. The number of benzene rings is 1. The number of hydrogen-bond acceptors (Lipinski definition) is 1. The van der Waals surface area contributed by atoms with E-state index >= 15 is 0 Å². The smallest absolute Gasteiger partial charge is 0.0618 e. The van der Waals surface area contributed by atoms with Crippen molar-refractivity contribution in [1.82, 2.24) is 0 Å². The Morgan fingerprint density at radius 2 is 1.96 bits per heavy atom. The maximum absolute atomic E-state index is 9.34. The number of allylic oxidation sites excluding steroid dienone is 3. The van der Waals surface area contributed by atoms with E-state index in [1.54, 1.807) is 0 Å². The standard InChI is InChI=1S/C22H32O/c1-7-8-16(12-14-23)17-9-10-20-18(15-17)19(21(2,3)4)11-13-22(20,5)6/h9-12,15,23H,7-8,13-14H2,1-6H3/b16-12-. The van der Waals surface area contributed by atoms with Crippen molar-refractivity contribution in [3.63, 3.8) is 0 Å². The lowest BCUT2D eigenvalue weighted by atomic mass is 9.68. The Balaban J connectivity index is 2.60. The van der Waals surface area contributed by atoms with Crippen molar-refractivity contribution in [1.29, 1.82) is 0 Å². The van der Waals surface area contributed by atoms with Gasteiger partial charge in [-0.15, -0.1) is 0 Å². The first kappa shape index (κ1) is 18.0. The second-order valence-corrected chi connectivity index (χ2v) is 8.38. The fourth-order valence-corrected chi connectivity index (χ4v) is 3.59. The molecule has 0 amide bonds. The molecule has 1 aromatic carbocycles. The molecule has 0 spiro atoms. The number of aliphatic hydroxyl groups excluding tert-OH is 1. The van der Waals surface area contributed by atoms with E-state index in [1.165, 1.54) is 27.8 Å². The molecule has 1 heteroatoms. The molecular weight excluding hydrogens is 280 g/mol. The maximum atomic E-state index is 9.34. The minimum Gasteiger partial charge on any atom is -0.392 e. The van der Waals surface area contributed by atoms with Crippen molar-refractivity contribution >= 4 is 11.1 Å². The molecule has 0 bridgehead atoms. The van der Waals surface area contributed by atoms with E-state index in [2.05, 4.69) is 65.8 Å². The van der Waals surface area contributed by atoms with E-state index in [-0.39, 0.29) is 17.4 Å². The number of aliphatic hydroxyl groups is 1. The molecule has 0 saturated heterocycles. The molecular formula is C22H32O. The van der Waals surface area contributed by atoms with Gasteiger partial charge in [-0.2, -0.15) is 0 Å². The fraction of sp³-hybridized carbons (Fsp3) is 0.545. The Morgan fingerprint density at radius 3 is 2.52 bits per heavy atom. The number of hydrogen-bond donors (Lipinski definition) is 1. The van der Waals surface area contributed by atoms with Crippen molar-refractivity contribution in [2.75, 3.05) is 6.61 Å². The molecule has 1 N–H and O–H groups in total. The third-order valence-corrected chi connectivity index (χ3v) is 4.89. The molecule has 1 aliphatic carbocycles. The lowest BCUT2D eigenvalue weighted by molar-refractivity contribution is 0.343. The Morgan fingerprint density at radius 1 is 1.26 bits per heavy atom. The monoisotopic (exact) mass is 312 g/mol. The molecule has 0 atom stereocenters. The molecule has 1 aliphatic rings. The Hall–Kier alpha value is -1.34. The molecule has 1 nitrogen and oxygen atoms in total. The summed E-state index contributed by atoms with van der Waals surface area (Å²) in [7, 11) is 0. The zero-order valence-corrected chi connectivity index (χ0v) is 15.7. The largest absolute Gasteiger partial charge is 0.392 e. The van der Waals surface area contributed by atoms with Gasteiger partial charge in [-0.1, -0.05) is 72.2 Å². The van der Waals surface area contributed by atoms with E-state index in [1.807, 2.05) is 6.08 Å². The van der Waals surface area contributed by atoms with Crippen LogP contribution in [-0.4, -0.2) is 11.7 Å². The van der Waals surface area contributed by atoms with Crippen LogP contribution in [0.4, 0.5) is 0 Å². The van der Waals surface area contributed by atoms with Crippen molar-refractivity contribution in [2.45, 2.75) is 66.2 Å². The molecule has 1 aromatic rings. The zero-order chi connectivity index (χ0) is 17.3. The molecule has 0 saturated carbocycles. The second-order valence-electron chi connectivity index (χ2n) is 8.38. The van der Waals surface area contributed by atoms with E-state index in [9.17, 15) is 5.11 Å². The Bertz CT molecular complexity index is 624. The predicted molar refractivity (Wildman–Crippen MR) is 101 cm³/mol. The highest BCUT2D eigenvalue weighted by molar-refractivity contribution is 5.78. The summed E-state index contributed by atoms with van der Waals surface area (Å²) in [5.74, 6) is 0. The molecule has 23 heavy (non-hydrogen) atoms. The van der Waals surface area contributed by atoms with Gasteiger partial charge < -0.3 is 5.11 Å². The predicted octanol–water partition coefficient (Wildman–Crippen LogP) is 5.97. The van der Waals surface area contributed by atoms with Gasteiger partial charge in [0, 0.05) is 0 Å². The highest BCUT2D eigenvalue weighted by atomic mass is 16.2. The highest BCUT2D eigenvalue weighted by Gasteiger charge is 2.32. The van der Waals surface area contributed by atoms with Gasteiger partial charge in [0.15, 0.2) is 0 Å². The van der Waals surface area contributed by atoms with Crippen LogP contribution in [0.15, 0.2) is 30.4 Å². The molecule has 2 rings (SSSR count). The lowest BCUT2D eigenvalue weighted by Crippen LogP contribution is -2.25. The summed E-state index contributed by atoms with van der Waals surface area (Å²) in [5, 5.41) is 9.34. The molecule has 0 unspecified atom stereocenters. The van der Waals surface area contributed by atoms with Gasteiger partial charge >= 0.3 is 0 Å². The van der Waals surface area contributed by atoms with Gasteiger partial charge in [0.05, 0.1) is 6.61 Å². The van der Waals surface area contributed by atoms with Crippen LogP contribution in [0.3, 0.4) is 0 Å². The first-order valence-corrected chi connectivity index (χ1v) is 8.86. The van der Waals surface area contributed by atoms with E-state index < -0.39 is 0 Å². The van der Waals surface area contributed by atoms with E-state index in [0.29, 0.717) is 0 Å². The van der Waals surface area contributed by atoms with Gasteiger partial charge in [0.25, 0.3) is 0 Å². The quantitative estimate of drug-likeness (QED) is 0.725. The van der Waals surface area contributed by atoms with Gasteiger partial charge in [-0.25, -0.2) is 0 Å². The van der Waals surface area contributed by atoms with E-state index in [4.69, 9.17) is 0 Å². The zero-order valence-electron chi connectivity index (χ0n) is 15.7. The summed E-state index contributed by atoms with van der Waals surface area (Å²) >= 11 is 0. The van der Waals surface area contributed by atoms with Crippen LogP contribution < -0.4 is 0 Å². The molecule has 0 radical (unpaired) electrons. The van der Waals surface area contributed by atoms with Crippen LogP contribution in [0.2, 0.25) is 0 Å². The molecule has 0 aliphatic heterocycles. The third kappa shape index (κ3) is 3.77. The van der Waals surface area contributed by atoms with Gasteiger partial charge in [0.2, 0.25) is 0 Å². The van der Waals surface area contributed by atoms with Gasteiger partial charge in [-0.3, -0.25) is 0 Å². The summed E-state index contributed by atoms with van der Waals surface area (Å²) in [5.41, 5.74) is 7.15. The summed E-state index contributed by atoms with van der Waals surface area (Å²) in [6, 6.07) is 6.90. The summed E-state index contributed by atoms with van der Waals surface area (Å²) in [6.07, 6.45) is 7.59. The maximum Gasteiger partial charge on any atom is 0.0618 e. The van der Waals surface area contributed by atoms with Crippen molar-refractivity contribution < 1.29 is 5.11 Å².